The number of hydrogen-bond acceptors (Lipinski definition) is 2. The van der Waals surface area contributed by atoms with Gasteiger partial charge in [0.25, 0.3) is 0 Å². The zero-order chi connectivity index (χ0) is 11.2. The first-order valence-corrected chi connectivity index (χ1v) is 5.22. The van der Waals surface area contributed by atoms with Crippen molar-refractivity contribution in [3.8, 4) is 5.75 Å². The van der Waals surface area contributed by atoms with Gasteiger partial charge in [-0.25, -0.2) is 0 Å². The second-order valence-corrected chi connectivity index (χ2v) is 4.92. The molecule has 0 amide bonds. The van der Waals surface area contributed by atoms with Gasteiger partial charge in [-0.3, -0.25) is 4.79 Å². The quantitative estimate of drug-likeness (QED) is 0.649. The molecule has 0 spiro atoms. The Balaban J connectivity index is 2.60. The van der Waals surface area contributed by atoms with E-state index in [1.807, 2.05) is 39.8 Å². The van der Waals surface area contributed by atoms with Crippen molar-refractivity contribution in [3.63, 3.8) is 0 Å². The van der Waals surface area contributed by atoms with Crippen LogP contribution >= 0.6 is 0 Å². The summed E-state index contributed by atoms with van der Waals surface area (Å²) in [5.74, 6) is 0.938. The van der Waals surface area contributed by atoms with E-state index in [9.17, 15) is 4.79 Å². The SMILES string of the molecule is Cc1cc(C)c2c(c1)OC(C)(C)CC2=O. The van der Waals surface area contributed by atoms with E-state index in [0.717, 1.165) is 22.4 Å². The summed E-state index contributed by atoms with van der Waals surface area (Å²) in [6, 6.07) is 3.97. The maximum absolute atomic E-state index is 12.0. The molecule has 0 radical (unpaired) electrons. The van der Waals surface area contributed by atoms with Gasteiger partial charge in [0, 0.05) is 0 Å². The van der Waals surface area contributed by atoms with Gasteiger partial charge in [-0.15, -0.1) is 0 Å². The summed E-state index contributed by atoms with van der Waals surface area (Å²) in [6.07, 6.45) is 0.462. The van der Waals surface area contributed by atoms with Crippen molar-refractivity contribution in [3.05, 3.63) is 28.8 Å². The third-order valence-electron chi connectivity index (χ3n) is 2.70. The Morgan fingerprint density at radius 2 is 1.93 bits per heavy atom. The van der Waals surface area contributed by atoms with Gasteiger partial charge in [-0.1, -0.05) is 6.07 Å². The predicted molar refractivity (Wildman–Crippen MR) is 59.6 cm³/mol. The molecule has 1 aliphatic heterocycles. The Labute approximate surface area is 90.3 Å². The lowest BCUT2D eigenvalue weighted by molar-refractivity contribution is 0.0618. The van der Waals surface area contributed by atoms with Gasteiger partial charge in [0.15, 0.2) is 5.78 Å². The molecule has 0 bridgehead atoms. The summed E-state index contributed by atoms with van der Waals surface area (Å²) >= 11 is 0. The van der Waals surface area contributed by atoms with Crippen LogP contribution in [-0.4, -0.2) is 11.4 Å². The molecule has 0 saturated heterocycles. The minimum absolute atomic E-state index is 0.193. The van der Waals surface area contributed by atoms with E-state index >= 15 is 0 Å². The van der Waals surface area contributed by atoms with Crippen molar-refractivity contribution in [2.75, 3.05) is 0 Å². The van der Waals surface area contributed by atoms with Crippen LogP contribution in [0, 0.1) is 13.8 Å². The molecule has 0 atom stereocenters. The zero-order valence-corrected chi connectivity index (χ0v) is 9.68. The van der Waals surface area contributed by atoms with E-state index in [1.54, 1.807) is 0 Å². The lowest BCUT2D eigenvalue weighted by atomic mass is 9.90. The summed E-state index contributed by atoms with van der Waals surface area (Å²) in [6.45, 7) is 7.88. The van der Waals surface area contributed by atoms with Crippen molar-refractivity contribution in [2.45, 2.75) is 39.7 Å². The number of ketones is 1. The third-order valence-corrected chi connectivity index (χ3v) is 2.70. The standard InChI is InChI=1S/C13H16O2/c1-8-5-9(2)12-10(14)7-13(3,4)15-11(12)6-8/h5-6H,7H2,1-4H3. The molecule has 0 unspecified atom stereocenters. The molecule has 1 aliphatic rings. The van der Waals surface area contributed by atoms with Gasteiger partial charge in [0.05, 0.1) is 12.0 Å². The van der Waals surface area contributed by atoms with Crippen LogP contribution in [0.25, 0.3) is 0 Å². The highest BCUT2D eigenvalue weighted by Gasteiger charge is 2.33. The number of Topliss-reactive ketones (excluding diaryl/α,β-unsaturated/α-hetero) is 1. The molecule has 1 heterocycles. The fourth-order valence-corrected chi connectivity index (χ4v) is 2.18. The number of fused-ring (bicyclic) bond motifs is 1. The van der Waals surface area contributed by atoms with E-state index in [4.69, 9.17) is 4.74 Å². The minimum Gasteiger partial charge on any atom is -0.487 e. The van der Waals surface area contributed by atoms with Crippen LogP contribution in [0.1, 0.15) is 41.8 Å². The maximum Gasteiger partial charge on any atom is 0.170 e. The van der Waals surface area contributed by atoms with Crippen molar-refractivity contribution >= 4 is 5.78 Å². The van der Waals surface area contributed by atoms with E-state index in [1.165, 1.54) is 0 Å². The third kappa shape index (κ3) is 1.76. The lowest BCUT2D eigenvalue weighted by Gasteiger charge is -2.32. The largest absolute Gasteiger partial charge is 0.487 e. The Morgan fingerprint density at radius 1 is 1.27 bits per heavy atom. The summed E-state index contributed by atoms with van der Waals surface area (Å²) in [7, 11) is 0. The number of ether oxygens (including phenoxy) is 1. The Hall–Kier alpha value is -1.31. The number of benzene rings is 1. The van der Waals surface area contributed by atoms with Crippen LogP contribution in [0.4, 0.5) is 0 Å². The van der Waals surface area contributed by atoms with Crippen LogP contribution in [0.5, 0.6) is 5.75 Å². The molecule has 0 aromatic heterocycles. The molecule has 0 N–H and O–H groups in total. The Bertz CT molecular complexity index is 430. The van der Waals surface area contributed by atoms with Gasteiger partial charge in [-0.2, -0.15) is 0 Å². The second kappa shape index (κ2) is 3.09. The van der Waals surface area contributed by atoms with Crippen molar-refractivity contribution in [2.24, 2.45) is 0 Å². The summed E-state index contributed by atoms with van der Waals surface area (Å²) < 4.78 is 5.83. The van der Waals surface area contributed by atoms with E-state index in [-0.39, 0.29) is 11.4 Å². The summed E-state index contributed by atoms with van der Waals surface area (Å²) in [5, 5.41) is 0. The number of carbonyl (C=O) groups is 1. The number of rotatable bonds is 0. The van der Waals surface area contributed by atoms with Gasteiger partial charge in [-0.05, 0) is 44.9 Å². The molecule has 1 aromatic rings. The van der Waals surface area contributed by atoms with E-state index < -0.39 is 0 Å². The Morgan fingerprint density at radius 3 is 2.60 bits per heavy atom. The molecule has 2 heteroatoms. The first-order valence-electron chi connectivity index (χ1n) is 5.22. The number of carbonyl (C=O) groups excluding carboxylic acids is 1. The predicted octanol–water partition coefficient (Wildman–Crippen LogP) is 3.05. The molecule has 2 nitrogen and oxygen atoms in total. The van der Waals surface area contributed by atoms with Crippen molar-refractivity contribution in [1.29, 1.82) is 0 Å². The van der Waals surface area contributed by atoms with Crippen molar-refractivity contribution in [1.82, 2.24) is 0 Å². The number of aryl methyl sites for hydroxylation is 2. The van der Waals surface area contributed by atoms with E-state index in [0.29, 0.717) is 6.42 Å². The fourth-order valence-electron chi connectivity index (χ4n) is 2.18. The molecular weight excluding hydrogens is 188 g/mol. The monoisotopic (exact) mass is 204 g/mol. The first kappa shape index (κ1) is 10.2. The minimum atomic E-state index is -0.371. The molecule has 0 fully saturated rings. The van der Waals surface area contributed by atoms with Gasteiger partial charge in [0.2, 0.25) is 0 Å². The molecule has 15 heavy (non-hydrogen) atoms. The van der Waals surface area contributed by atoms with Crippen LogP contribution in [-0.2, 0) is 0 Å². The average Bonchev–Trinajstić information content (AvgIpc) is 1.97. The Kier molecular flexibility index (Phi) is 2.10. The first-order chi connectivity index (χ1) is 6.89. The van der Waals surface area contributed by atoms with Crippen LogP contribution in [0.15, 0.2) is 12.1 Å². The van der Waals surface area contributed by atoms with Gasteiger partial charge < -0.3 is 4.74 Å². The van der Waals surface area contributed by atoms with Crippen molar-refractivity contribution < 1.29 is 9.53 Å². The highest BCUT2D eigenvalue weighted by atomic mass is 16.5. The molecule has 0 saturated carbocycles. The average molecular weight is 204 g/mol. The maximum atomic E-state index is 12.0. The lowest BCUT2D eigenvalue weighted by Crippen LogP contribution is -2.36. The smallest absolute Gasteiger partial charge is 0.170 e. The molecule has 80 valence electrons. The molecular formula is C13H16O2. The summed E-state index contributed by atoms with van der Waals surface area (Å²) in [5.41, 5.74) is 2.55. The number of hydrogen-bond donors (Lipinski definition) is 0. The van der Waals surface area contributed by atoms with Crippen LogP contribution < -0.4 is 4.74 Å². The highest BCUT2D eigenvalue weighted by molar-refractivity contribution is 6.01. The van der Waals surface area contributed by atoms with E-state index in [2.05, 4.69) is 0 Å². The second-order valence-electron chi connectivity index (χ2n) is 4.92. The normalized spacial score (nSPS) is 18.3. The molecule has 2 rings (SSSR count). The highest BCUT2D eigenvalue weighted by Crippen LogP contribution is 2.35. The molecule has 0 aliphatic carbocycles. The van der Waals surface area contributed by atoms with Crippen LogP contribution in [0.3, 0.4) is 0 Å². The fraction of sp³-hybridized carbons (Fsp3) is 0.462. The zero-order valence-electron chi connectivity index (χ0n) is 9.68. The molecule has 1 aromatic carbocycles. The van der Waals surface area contributed by atoms with Gasteiger partial charge in [0.1, 0.15) is 11.4 Å². The van der Waals surface area contributed by atoms with Crippen LogP contribution in [0.2, 0.25) is 0 Å². The topological polar surface area (TPSA) is 26.3 Å². The summed E-state index contributed by atoms with van der Waals surface area (Å²) in [4.78, 5) is 12.0. The van der Waals surface area contributed by atoms with Gasteiger partial charge >= 0.3 is 0 Å².